The molecule has 4 nitrogen and oxygen atoms in total. The lowest BCUT2D eigenvalue weighted by Gasteiger charge is -2.31. The summed E-state index contributed by atoms with van der Waals surface area (Å²) in [5, 5.41) is 3.10. The molecular weight excluding hydrogens is 326 g/mol. The highest BCUT2D eigenvalue weighted by Crippen LogP contribution is 2.45. The number of benzene rings is 2. The first kappa shape index (κ1) is 15.3. The molecule has 26 heavy (non-hydrogen) atoms. The molecule has 2 aromatic rings. The Morgan fingerprint density at radius 3 is 2.81 bits per heavy atom. The lowest BCUT2D eigenvalue weighted by molar-refractivity contribution is -0.116. The first-order valence-electron chi connectivity index (χ1n) is 8.93. The first-order chi connectivity index (χ1) is 12.7. The quantitative estimate of drug-likeness (QED) is 0.797. The van der Waals surface area contributed by atoms with Crippen LogP contribution >= 0.6 is 0 Å². The highest BCUT2D eigenvalue weighted by molar-refractivity contribution is 6.04. The Hall–Kier alpha value is -3.01. The Morgan fingerprint density at radius 1 is 1.04 bits per heavy atom. The number of nitrogens with one attached hydrogen (secondary N) is 1. The van der Waals surface area contributed by atoms with Gasteiger partial charge in [-0.3, -0.25) is 4.79 Å². The van der Waals surface area contributed by atoms with E-state index in [1.165, 1.54) is 11.1 Å². The predicted molar refractivity (Wildman–Crippen MR) is 98.9 cm³/mol. The number of hydrogen-bond acceptors (Lipinski definition) is 3. The zero-order valence-corrected chi connectivity index (χ0v) is 14.4. The fourth-order valence-corrected chi connectivity index (χ4v) is 4.22. The summed E-state index contributed by atoms with van der Waals surface area (Å²) in [6.45, 7) is 4.35. The third-order valence-electron chi connectivity index (χ3n) is 5.46. The van der Waals surface area contributed by atoms with E-state index in [2.05, 4.69) is 30.1 Å². The van der Waals surface area contributed by atoms with Crippen LogP contribution in [0, 0.1) is 0 Å². The number of carbonyl (C=O) groups excluding carboxylic acids is 1. The zero-order valence-electron chi connectivity index (χ0n) is 14.4. The second-order valence-corrected chi connectivity index (χ2v) is 6.94. The van der Waals surface area contributed by atoms with Crippen molar-refractivity contribution in [2.75, 3.05) is 6.79 Å². The van der Waals surface area contributed by atoms with Crippen molar-refractivity contribution >= 4 is 11.6 Å². The molecule has 0 saturated heterocycles. The van der Waals surface area contributed by atoms with Gasteiger partial charge in [-0.15, -0.1) is 0 Å². The minimum absolute atomic E-state index is 0.108. The molecule has 1 aliphatic carbocycles. The van der Waals surface area contributed by atoms with Crippen molar-refractivity contribution in [3.05, 3.63) is 76.9 Å². The number of carbonyl (C=O) groups is 1. The van der Waals surface area contributed by atoms with Crippen molar-refractivity contribution in [2.45, 2.75) is 25.2 Å². The van der Waals surface area contributed by atoms with Crippen molar-refractivity contribution < 1.29 is 14.3 Å². The molecule has 1 atom stereocenters. The number of rotatable bonds is 1. The average Bonchev–Trinajstić information content (AvgIpc) is 3.05. The van der Waals surface area contributed by atoms with E-state index in [-0.39, 0.29) is 18.6 Å². The van der Waals surface area contributed by atoms with Gasteiger partial charge in [-0.1, -0.05) is 36.9 Å². The van der Waals surface area contributed by atoms with E-state index in [1.54, 1.807) is 0 Å². The highest BCUT2D eigenvalue weighted by Gasteiger charge is 2.35. The smallest absolute Gasteiger partial charge is 0.251 e. The largest absolute Gasteiger partial charge is 0.454 e. The molecule has 0 spiro atoms. The third kappa shape index (κ3) is 2.25. The Balaban J connectivity index is 1.69. The monoisotopic (exact) mass is 345 g/mol. The van der Waals surface area contributed by atoms with E-state index in [1.807, 2.05) is 24.3 Å². The van der Waals surface area contributed by atoms with Gasteiger partial charge in [0, 0.05) is 22.8 Å². The first-order valence-corrected chi connectivity index (χ1v) is 8.93. The average molecular weight is 345 g/mol. The number of ether oxygens (including phenoxy) is 2. The maximum Gasteiger partial charge on any atom is 0.251 e. The number of hydrogen-bond donors (Lipinski definition) is 1. The fourth-order valence-electron chi connectivity index (χ4n) is 4.22. The molecular formula is C22H19NO3. The molecule has 5 rings (SSSR count). The van der Waals surface area contributed by atoms with Crippen molar-refractivity contribution in [3.8, 4) is 11.5 Å². The normalized spacial score (nSPS) is 21.0. The fraction of sp³-hybridized carbons (Fsp3) is 0.227. The minimum atomic E-state index is -0.126. The van der Waals surface area contributed by atoms with Crippen LogP contribution in [0.25, 0.3) is 5.70 Å². The zero-order chi connectivity index (χ0) is 17.7. The Bertz CT molecular complexity index is 973. The van der Waals surface area contributed by atoms with Crippen molar-refractivity contribution in [1.82, 2.24) is 5.32 Å². The SMILES string of the molecule is C=C1C(=O)NC2=C(CCCc3ccccc32)C1c1ccc2c(c1)OCO2. The minimum Gasteiger partial charge on any atom is -0.454 e. The molecule has 2 aliphatic heterocycles. The molecule has 1 N–H and O–H groups in total. The summed E-state index contributed by atoms with van der Waals surface area (Å²) >= 11 is 0. The molecule has 0 aromatic heterocycles. The van der Waals surface area contributed by atoms with Crippen molar-refractivity contribution in [2.24, 2.45) is 0 Å². The van der Waals surface area contributed by atoms with E-state index >= 15 is 0 Å². The standard InChI is InChI=1S/C22H19NO3/c1-13-20(15-9-10-18-19(11-15)26-12-25-18)17-8-4-6-14-5-2-3-7-16(14)21(17)23-22(13)24/h2-3,5,7,9-11,20H,1,4,6,8,12H2,(H,23,24). The van der Waals surface area contributed by atoms with Gasteiger partial charge in [0.2, 0.25) is 6.79 Å². The van der Waals surface area contributed by atoms with Crippen LogP contribution in [-0.4, -0.2) is 12.7 Å². The maximum absolute atomic E-state index is 12.7. The molecule has 4 heteroatoms. The van der Waals surface area contributed by atoms with Gasteiger partial charge in [0.25, 0.3) is 5.91 Å². The van der Waals surface area contributed by atoms with Gasteiger partial charge >= 0.3 is 0 Å². The molecule has 1 amide bonds. The van der Waals surface area contributed by atoms with Gasteiger partial charge in [0.1, 0.15) is 0 Å². The number of amides is 1. The molecule has 1 unspecified atom stereocenters. The summed E-state index contributed by atoms with van der Waals surface area (Å²) in [6.07, 6.45) is 3.00. The molecule has 130 valence electrons. The summed E-state index contributed by atoms with van der Waals surface area (Å²) < 4.78 is 11.0. The Morgan fingerprint density at radius 2 is 1.88 bits per heavy atom. The lowest BCUT2D eigenvalue weighted by atomic mass is 9.79. The van der Waals surface area contributed by atoms with Crippen LogP contribution in [0.15, 0.2) is 60.2 Å². The second kappa shape index (κ2) is 5.77. The van der Waals surface area contributed by atoms with Crippen molar-refractivity contribution in [1.29, 1.82) is 0 Å². The van der Waals surface area contributed by atoms with Crippen molar-refractivity contribution in [3.63, 3.8) is 0 Å². The summed E-state index contributed by atoms with van der Waals surface area (Å²) in [4.78, 5) is 12.7. The van der Waals surface area contributed by atoms with Gasteiger partial charge in [0.15, 0.2) is 11.5 Å². The van der Waals surface area contributed by atoms with Crippen LogP contribution in [0.3, 0.4) is 0 Å². The van der Waals surface area contributed by atoms with Gasteiger partial charge < -0.3 is 14.8 Å². The molecule has 2 heterocycles. The predicted octanol–water partition coefficient (Wildman–Crippen LogP) is 3.93. The number of aryl methyl sites for hydroxylation is 1. The Labute approximate surface area is 152 Å². The van der Waals surface area contributed by atoms with E-state index in [9.17, 15) is 4.79 Å². The van der Waals surface area contributed by atoms with Gasteiger partial charge in [-0.25, -0.2) is 0 Å². The second-order valence-electron chi connectivity index (χ2n) is 6.94. The van der Waals surface area contributed by atoms with Crippen LogP contribution in [0.4, 0.5) is 0 Å². The van der Waals surface area contributed by atoms with E-state index in [0.29, 0.717) is 5.57 Å². The summed E-state index contributed by atoms with van der Waals surface area (Å²) in [5.41, 5.74) is 6.22. The topological polar surface area (TPSA) is 47.6 Å². The van der Waals surface area contributed by atoms with Crippen LogP contribution in [0.2, 0.25) is 0 Å². The van der Waals surface area contributed by atoms with Crippen LogP contribution in [0.5, 0.6) is 11.5 Å². The lowest BCUT2D eigenvalue weighted by Crippen LogP contribution is -2.33. The van der Waals surface area contributed by atoms with Crippen LogP contribution in [-0.2, 0) is 11.2 Å². The molecule has 2 aromatic carbocycles. The summed E-state index contributed by atoms with van der Waals surface area (Å²) in [5.74, 6) is 1.25. The van der Waals surface area contributed by atoms with E-state index in [4.69, 9.17) is 9.47 Å². The number of fused-ring (bicyclic) bond motifs is 3. The van der Waals surface area contributed by atoms with E-state index in [0.717, 1.165) is 47.6 Å². The molecule has 3 aliphatic rings. The third-order valence-corrected chi connectivity index (χ3v) is 5.46. The van der Waals surface area contributed by atoms with Gasteiger partial charge in [-0.2, -0.15) is 0 Å². The molecule has 0 saturated carbocycles. The van der Waals surface area contributed by atoms with Crippen LogP contribution in [0.1, 0.15) is 35.4 Å². The summed E-state index contributed by atoms with van der Waals surface area (Å²) in [6, 6.07) is 14.3. The highest BCUT2D eigenvalue weighted by atomic mass is 16.7. The van der Waals surface area contributed by atoms with Gasteiger partial charge in [0.05, 0.1) is 0 Å². The maximum atomic E-state index is 12.7. The molecule has 0 fully saturated rings. The van der Waals surface area contributed by atoms with Gasteiger partial charge in [-0.05, 0) is 48.1 Å². The Kier molecular flexibility index (Phi) is 3.38. The number of allylic oxidation sites excluding steroid dienone is 1. The van der Waals surface area contributed by atoms with Crippen LogP contribution < -0.4 is 14.8 Å². The molecule has 0 bridgehead atoms. The van der Waals surface area contributed by atoms with E-state index < -0.39 is 0 Å². The summed E-state index contributed by atoms with van der Waals surface area (Å²) in [7, 11) is 0. The molecule has 0 radical (unpaired) electrons.